The Morgan fingerprint density at radius 1 is 0.979 bits per heavy atom. The molecule has 0 aliphatic carbocycles. The highest BCUT2D eigenvalue weighted by Gasteiger charge is 2.32. The number of aromatic nitrogens is 1. The summed E-state index contributed by atoms with van der Waals surface area (Å²) in [6, 6.07) is 8.22. The van der Waals surface area contributed by atoms with Crippen molar-refractivity contribution in [1.82, 2.24) is 14.4 Å². The molecule has 11 nitrogen and oxygen atoms in total. The SMILES string of the molecule is COC(=O)c1ccc(C2CN(CC(F)F)CCN2Cc2c(OC)cc(C)c3c2ccn3C(=O)OC(C)(C)C)cc1NC(=O)OC(C)(C)C. The molecule has 48 heavy (non-hydrogen) atoms. The molecule has 13 heteroatoms. The molecule has 2 heterocycles. The van der Waals surface area contributed by atoms with Crippen LogP contribution >= 0.6 is 0 Å². The van der Waals surface area contributed by atoms with Gasteiger partial charge >= 0.3 is 18.2 Å². The molecule has 1 saturated heterocycles. The summed E-state index contributed by atoms with van der Waals surface area (Å²) in [5.41, 5.74) is 1.79. The third-order valence-electron chi connectivity index (χ3n) is 7.84. The zero-order valence-corrected chi connectivity index (χ0v) is 29.1. The molecule has 1 aromatic heterocycles. The molecule has 4 rings (SSSR count). The van der Waals surface area contributed by atoms with Gasteiger partial charge in [-0.25, -0.2) is 23.2 Å². The predicted octanol–water partition coefficient (Wildman–Crippen LogP) is 7.00. The molecular weight excluding hydrogens is 626 g/mol. The Morgan fingerprint density at radius 2 is 1.67 bits per heavy atom. The van der Waals surface area contributed by atoms with E-state index in [0.717, 1.165) is 16.5 Å². The molecule has 1 unspecified atom stereocenters. The first-order valence-electron chi connectivity index (χ1n) is 15.8. The lowest BCUT2D eigenvalue weighted by Gasteiger charge is -2.42. The monoisotopic (exact) mass is 672 g/mol. The Hall–Kier alpha value is -4.23. The standard InChI is InChI=1S/C35H46F2N4O7/c1-21-16-28(45-8)25(23-12-13-41(30(21)23)33(44)48-35(5,6)7)18-40-15-14-39(20-29(36)37)19-27(40)22-10-11-24(31(42)46-9)26(17-22)38-32(43)47-34(2,3)4/h10-13,16-17,27,29H,14-15,18-20H2,1-9H3,(H,38,43). The first-order chi connectivity index (χ1) is 22.4. The number of rotatable bonds is 8. The van der Waals surface area contributed by atoms with Crippen LogP contribution in [0.15, 0.2) is 36.5 Å². The summed E-state index contributed by atoms with van der Waals surface area (Å²) in [6.07, 6.45) is -2.11. The van der Waals surface area contributed by atoms with Gasteiger partial charge < -0.3 is 18.9 Å². The van der Waals surface area contributed by atoms with E-state index in [1.54, 1.807) is 77.9 Å². The number of nitrogens with one attached hydrogen (secondary N) is 1. The highest BCUT2D eigenvalue weighted by atomic mass is 19.3. The van der Waals surface area contributed by atoms with Crippen LogP contribution in [0.1, 0.15) is 74.6 Å². The van der Waals surface area contributed by atoms with Crippen molar-refractivity contribution in [3.63, 3.8) is 0 Å². The van der Waals surface area contributed by atoms with Crippen LogP contribution in [0.4, 0.5) is 24.1 Å². The van der Waals surface area contributed by atoms with Crippen molar-refractivity contribution >= 4 is 34.7 Å². The van der Waals surface area contributed by atoms with Crippen molar-refractivity contribution in [2.45, 2.75) is 78.7 Å². The summed E-state index contributed by atoms with van der Waals surface area (Å²) in [4.78, 5) is 42.4. The number of methoxy groups -OCH3 is 2. The van der Waals surface area contributed by atoms with E-state index in [9.17, 15) is 23.2 Å². The van der Waals surface area contributed by atoms with Gasteiger partial charge in [-0.05, 0) is 83.9 Å². The number of carbonyl (C=O) groups excluding carboxylic acids is 3. The minimum atomic E-state index is -2.52. The third kappa shape index (κ3) is 8.81. The number of nitrogens with zero attached hydrogens (tertiary/aromatic N) is 3. The molecule has 1 aliphatic rings. The van der Waals surface area contributed by atoms with Gasteiger partial charge in [0.25, 0.3) is 6.43 Å². The molecule has 1 aliphatic heterocycles. The van der Waals surface area contributed by atoms with E-state index in [4.69, 9.17) is 18.9 Å². The van der Waals surface area contributed by atoms with Gasteiger partial charge in [-0.15, -0.1) is 0 Å². The van der Waals surface area contributed by atoms with E-state index in [2.05, 4.69) is 10.2 Å². The van der Waals surface area contributed by atoms with Crippen LogP contribution in [0, 0.1) is 6.92 Å². The van der Waals surface area contributed by atoms with Crippen LogP contribution in [0.5, 0.6) is 5.75 Å². The Balaban J connectivity index is 1.78. The van der Waals surface area contributed by atoms with E-state index >= 15 is 0 Å². The van der Waals surface area contributed by atoms with E-state index in [1.165, 1.54) is 11.7 Å². The first-order valence-corrected chi connectivity index (χ1v) is 15.8. The second-order valence-electron chi connectivity index (χ2n) is 13.9. The van der Waals surface area contributed by atoms with Crippen LogP contribution in [0.2, 0.25) is 0 Å². The predicted molar refractivity (Wildman–Crippen MR) is 178 cm³/mol. The zero-order valence-electron chi connectivity index (χ0n) is 29.1. The smallest absolute Gasteiger partial charge is 0.419 e. The van der Waals surface area contributed by atoms with Crippen molar-refractivity contribution in [2.75, 3.05) is 45.7 Å². The normalized spacial score (nSPS) is 16.2. The van der Waals surface area contributed by atoms with Crippen molar-refractivity contribution < 1.29 is 42.1 Å². The van der Waals surface area contributed by atoms with Gasteiger partial charge in [-0.2, -0.15) is 0 Å². The van der Waals surface area contributed by atoms with Gasteiger partial charge in [-0.1, -0.05) is 6.07 Å². The lowest BCUT2D eigenvalue weighted by Crippen LogP contribution is -2.49. The molecule has 3 aromatic rings. The summed E-state index contributed by atoms with van der Waals surface area (Å²) in [7, 11) is 2.82. The number of esters is 1. The zero-order chi connectivity index (χ0) is 35.6. The summed E-state index contributed by atoms with van der Waals surface area (Å²) in [5, 5.41) is 3.46. The van der Waals surface area contributed by atoms with Gasteiger partial charge in [0.1, 0.15) is 17.0 Å². The lowest BCUT2D eigenvalue weighted by atomic mass is 9.97. The minimum absolute atomic E-state index is 0.115. The largest absolute Gasteiger partial charge is 0.496 e. The van der Waals surface area contributed by atoms with Crippen molar-refractivity contribution in [2.24, 2.45) is 0 Å². The van der Waals surface area contributed by atoms with Gasteiger partial charge in [0, 0.05) is 49.4 Å². The second-order valence-corrected chi connectivity index (χ2v) is 13.9. The minimum Gasteiger partial charge on any atom is -0.496 e. The summed E-state index contributed by atoms with van der Waals surface area (Å²) in [6.45, 7) is 13.5. The molecule has 262 valence electrons. The lowest BCUT2D eigenvalue weighted by molar-refractivity contribution is 0.0245. The maximum Gasteiger partial charge on any atom is 0.419 e. The van der Waals surface area contributed by atoms with E-state index < -0.39 is 48.4 Å². The van der Waals surface area contributed by atoms with Crippen LogP contribution < -0.4 is 10.1 Å². The molecule has 0 radical (unpaired) electrons. The average Bonchev–Trinajstić information content (AvgIpc) is 3.43. The van der Waals surface area contributed by atoms with Crippen molar-refractivity contribution in [3.05, 3.63) is 58.8 Å². The Bertz CT molecular complexity index is 1660. The average molecular weight is 673 g/mol. The van der Waals surface area contributed by atoms with Gasteiger partial charge in [-0.3, -0.25) is 19.7 Å². The Kier molecular flexibility index (Phi) is 11.0. The van der Waals surface area contributed by atoms with E-state index in [-0.39, 0.29) is 17.8 Å². The molecule has 1 atom stereocenters. The highest BCUT2D eigenvalue weighted by Crippen LogP contribution is 2.37. The van der Waals surface area contributed by atoms with Gasteiger partial charge in [0.05, 0.1) is 37.5 Å². The number of carbonyl (C=O) groups is 3. The topological polar surface area (TPSA) is 112 Å². The number of halogens is 2. The number of piperazine rings is 1. The van der Waals surface area contributed by atoms with Crippen LogP contribution in [-0.4, -0.2) is 90.5 Å². The highest BCUT2D eigenvalue weighted by molar-refractivity contribution is 6.00. The molecule has 0 bridgehead atoms. The second kappa shape index (κ2) is 14.5. The van der Waals surface area contributed by atoms with E-state index in [1.807, 2.05) is 19.1 Å². The summed E-state index contributed by atoms with van der Waals surface area (Å²) >= 11 is 0. The number of amides is 1. The first kappa shape index (κ1) is 36.6. The van der Waals surface area contributed by atoms with Crippen LogP contribution in [0.3, 0.4) is 0 Å². The molecular formula is C35H46F2N4O7. The summed E-state index contributed by atoms with van der Waals surface area (Å²) in [5.74, 6) is -0.0438. The molecule has 1 N–H and O–H groups in total. The van der Waals surface area contributed by atoms with Crippen LogP contribution in [-0.2, 0) is 20.8 Å². The van der Waals surface area contributed by atoms with Gasteiger partial charge in [0.2, 0.25) is 0 Å². The number of hydrogen-bond donors (Lipinski definition) is 1. The molecule has 2 aromatic carbocycles. The Morgan fingerprint density at radius 3 is 2.27 bits per heavy atom. The number of alkyl halides is 2. The number of fused-ring (bicyclic) bond motifs is 1. The van der Waals surface area contributed by atoms with Crippen molar-refractivity contribution in [1.29, 1.82) is 0 Å². The molecule has 1 amide bonds. The maximum atomic E-state index is 13.6. The van der Waals surface area contributed by atoms with Crippen molar-refractivity contribution in [3.8, 4) is 5.75 Å². The third-order valence-corrected chi connectivity index (χ3v) is 7.84. The van der Waals surface area contributed by atoms with Crippen LogP contribution in [0.25, 0.3) is 10.9 Å². The Labute approximate surface area is 280 Å². The quantitative estimate of drug-likeness (QED) is 0.200. The number of hydrogen-bond acceptors (Lipinski definition) is 9. The number of ether oxygens (including phenoxy) is 4. The fourth-order valence-corrected chi connectivity index (χ4v) is 5.89. The number of anilines is 1. The number of aryl methyl sites for hydroxylation is 1. The van der Waals surface area contributed by atoms with Gasteiger partial charge in [0.15, 0.2) is 0 Å². The number of benzene rings is 2. The fraction of sp³-hybridized carbons (Fsp3) is 0.514. The maximum absolute atomic E-state index is 13.6. The molecule has 1 fully saturated rings. The molecule has 0 spiro atoms. The fourth-order valence-electron chi connectivity index (χ4n) is 5.89. The van der Waals surface area contributed by atoms with E-state index in [0.29, 0.717) is 36.5 Å². The summed E-state index contributed by atoms with van der Waals surface area (Å²) < 4.78 is 50.5. The molecule has 0 saturated carbocycles.